The van der Waals surface area contributed by atoms with Crippen LogP contribution < -0.4 is 0 Å². The third-order valence-electron chi connectivity index (χ3n) is 1.33. The van der Waals surface area contributed by atoms with Crippen LogP contribution in [-0.4, -0.2) is 17.3 Å². The minimum Gasteiger partial charge on any atom is -0.320 e. The van der Waals surface area contributed by atoms with Crippen molar-refractivity contribution in [2.45, 2.75) is 12.8 Å². The van der Waals surface area contributed by atoms with Crippen LogP contribution in [0.1, 0.15) is 12.8 Å². The number of rotatable bonds is 1. The SMILES string of the molecule is C=CN1CCCC1=O.IC(I)I. The number of amides is 1. The van der Waals surface area contributed by atoms with Gasteiger partial charge in [0, 0.05) is 13.0 Å². The van der Waals surface area contributed by atoms with Crippen LogP contribution in [0.3, 0.4) is 0 Å². The van der Waals surface area contributed by atoms with Crippen LogP contribution in [0.5, 0.6) is 0 Å². The lowest BCUT2D eigenvalue weighted by Gasteiger charge is -2.05. The Hall–Kier alpha value is 1.40. The van der Waals surface area contributed by atoms with Gasteiger partial charge >= 0.3 is 0 Å². The van der Waals surface area contributed by atoms with Gasteiger partial charge in [-0.15, -0.1) is 0 Å². The Bertz CT molecular complexity index is 158. The van der Waals surface area contributed by atoms with Crippen LogP contribution in [0.4, 0.5) is 0 Å². The summed E-state index contributed by atoms with van der Waals surface area (Å²) < 4.78 is 0.743. The summed E-state index contributed by atoms with van der Waals surface area (Å²) in [5.41, 5.74) is 0. The van der Waals surface area contributed by atoms with Gasteiger partial charge in [0.1, 0.15) is -0.0619 Å². The monoisotopic (exact) mass is 505 g/mol. The van der Waals surface area contributed by atoms with E-state index < -0.39 is 0 Å². The summed E-state index contributed by atoms with van der Waals surface area (Å²) in [6, 6.07) is 0. The predicted molar refractivity (Wildman–Crippen MR) is 77.0 cm³/mol. The zero-order valence-electron chi connectivity index (χ0n) is 6.47. The molecule has 1 rings (SSSR count). The molecule has 1 aliphatic rings. The minimum atomic E-state index is 0.208. The van der Waals surface area contributed by atoms with E-state index in [9.17, 15) is 4.79 Å². The standard InChI is InChI=1S/C6H9NO.CHI3/c1-2-7-5-3-4-6(7)8;2-1(3)4/h2H,1,3-5H2;1H. The fraction of sp³-hybridized carbons (Fsp3) is 0.571. The fourth-order valence-electron chi connectivity index (χ4n) is 0.862. The first-order valence-corrected chi connectivity index (χ1v) is 7.16. The maximum Gasteiger partial charge on any atom is 0.226 e. The van der Waals surface area contributed by atoms with Gasteiger partial charge in [0.25, 0.3) is 0 Å². The lowest BCUT2D eigenvalue weighted by Crippen LogP contribution is -2.16. The molecule has 0 radical (unpaired) electrons. The Labute approximate surface area is 114 Å². The molecule has 1 fully saturated rings. The first-order valence-electron chi connectivity index (χ1n) is 3.42. The summed E-state index contributed by atoms with van der Waals surface area (Å²) in [6.45, 7) is 4.36. The summed E-state index contributed by atoms with van der Waals surface area (Å²) in [7, 11) is 0. The van der Waals surface area contributed by atoms with E-state index in [-0.39, 0.29) is 5.91 Å². The Balaban J connectivity index is 0.000000261. The molecule has 12 heavy (non-hydrogen) atoms. The molecule has 0 aliphatic carbocycles. The first-order chi connectivity index (χ1) is 5.57. The zero-order valence-corrected chi connectivity index (χ0v) is 12.9. The smallest absolute Gasteiger partial charge is 0.226 e. The van der Waals surface area contributed by atoms with E-state index in [1.54, 1.807) is 11.1 Å². The van der Waals surface area contributed by atoms with Gasteiger partial charge in [-0.3, -0.25) is 4.79 Å². The molecule has 2 nitrogen and oxygen atoms in total. The average molecular weight is 505 g/mol. The maximum absolute atomic E-state index is 10.7. The third-order valence-corrected chi connectivity index (χ3v) is 1.33. The molecule has 0 saturated carbocycles. The normalized spacial score (nSPS) is 16.0. The number of carbonyl (C=O) groups is 1. The van der Waals surface area contributed by atoms with Crippen molar-refractivity contribution in [3.05, 3.63) is 12.8 Å². The third kappa shape index (κ3) is 6.87. The van der Waals surface area contributed by atoms with Crippen molar-refractivity contribution in [1.82, 2.24) is 4.90 Å². The number of carbonyl (C=O) groups excluding carboxylic acids is 1. The van der Waals surface area contributed by atoms with E-state index >= 15 is 0 Å². The van der Waals surface area contributed by atoms with Gasteiger partial charge in [0.05, 0.1) is 0 Å². The topological polar surface area (TPSA) is 20.3 Å². The molecule has 1 aliphatic heterocycles. The zero-order chi connectivity index (χ0) is 9.56. The molecule has 1 heterocycles. The van der Waals surface area contributed by atoms with Crippen LogP contribution in [0.2, 0.25) is 0 Å². The van der Waals surface area contributed by atoms with E-state index in [1.165, 1.54) is 0 Å². The van der Waals surface area contributed by atoms with Gasteiger partial charge in [-0.2, -0.15) is 0 Å². The molecule has 0 aromatic carbocycles. The number of likely N-dealkylation sites (tertiary alicyclic amines) is 1. The molecule has 1 saturated heterocycles. The maximum atomic E-state index is 10.7. The molecular weight excluding hydrogens is 495 g/mol. The van der Waals surface area contributed by atoms with E-state index in [0.717, 1.165) is 12.9 Å². The summed E-state index contributed by atoms with van der Waals surface area (Å²) in [6.07, 6.45) is 3.28. The Kier molecular flexibility index (Phi) is 8.68. The number of alkyl halides is 3. The van der Waals surface area contributed by atoms with E-state index in [1.807, 2.05) is 0 Å². The van der Waals surface area contributed by atoms with Crippen LogP contribution in [-0.2, 0) is 4.79 Å². The van der Waals surface area contributed by atoms with Gasteiger partial charge in [-0.25, -0.2) is 0 Å². The van der Waals surface area contributed by atoms with E-state index in [4.69, 9.17) is 0 Å². The van der Waals surface area contributed by atoms with Crippen LogP contribution in [0, 0.1) is 0 Å². The Morgan fingerprint density at radius 3 is 2.17 bits per heavy atom. The van der Waals surface area contributed by atoms with Crippen molar-refractivity contribution >= 4 is 73.7 Å². The minimum absolute atomic E-state index is 0.208. The summed E-state index contributed by atoms with van der Waals surface area (Å²) in [4.78, 5) is 12.3. The summed E-state index contributed by atoms with van der Waals surface area (Å²) in [5, 5.41) is 0. The number of hydrogen-bond donors (Lipinski definition) is 0. The molecule has 0 spiro atoms. The largest absolute Gasteiger partial charge is 0.320 e. The van der Waals surface area contributed by atoms with Crippen molar-refractivity contribution in [2.24, 2.45) is 0 Å². The van der Waals surface area contributed by atoms with Crippen molar-refractivity contribution < 1.29 is 4.79 Å². The highest BCUT2D eigenvalue weighted by molar-refractivity contribution is 14.3. The molecule has 5 heteroatoms. The highest BCUT2D eigenvalue weighted by Gasteiger charge is 2.15. The highest BCUT2D eigenvalue weighted by atomic mass is 127. The van der Waals surface area contributed by atoms with E-state index in [2.05, 4.69) is 74.4 Å². The van der Waals surface area contributed by atoms with Crippen LogP contribution >= 0.6 is 67.8 Å². The average Bonchev–Trinajstić information content (AvgIpc) is 2.33. The van der Waals surface area contributed by atoms with Crippen molar-refractivity contribution in [1.29, 1.82) is 0 Å². The molecular formula is C7H10I3NO. The van der Waals surface area contributed by atoms with Crippen LogP contribution in [0.15, 0.2) is 12.8 Å². The summed E-state index contributed by atoms with van der Waals surface area (Å²) in [5.74, 6) is 0.208. The molecule has 70 valence electrons. The van der Waals surface area contributed by atoms with Gasteiger partial charge in [0.2, 0.25) is 5.91 Å². The number of nitrogens with zero attached hydrogens (tertiary/aromatic N) is 1. The Morgan fingerprint density at radius 2 is 2.00 bits per heavy atom. The molecule has 0 bridgehead atoms. The molecule has 0 unspecified atom stereocenters. The van der Waals surface area contributed by atoms with Gasteiger partial charge in [0.15, 0.2) is 0 Å². The molecule has 0 aromatic rings. The second-order valence-corrected chi connectivity index (χ2v) is 13.0. The van der Waals surface area contributed by atoms with Gasteiger partial charge in [-0.05, 0) is 12.6 Å². The number of halogens is 3. The van der Waals surface area contributed by atoms with E-state index in [0.29, 0.717) is 6.42 Å². The van der Waals surface area contributed by atoms with Crippen molar-refractivity contribution in [3.8, 4) is 0 Å². The van der Waals surface area contributed by atoms with Crippen molar-refractivity contribution in [3.63, 3.8) is 0 Å². The Morgan fingerprint density at radius 1 is 1.50 bits per heavy atom. The lowest BCUT2D eigenvalue weighted by molar-refractivity contribution is -0.125. The van der Waals surface area contributed by atoms with Crippen LogP contribution in [0.25, 0.3) is 0 Å². The molecule has 0 aromatic heterocycles. The highest BCUT2D eigenvalue weighted by Crippen LogP contribution is 2.16. The molecule has 0 atom stereocenters. The lowest BCUT2D eigenvalue weighted by atomic mass is 10.4. The predicted octanol–water partition coefficient (Wildman–Crippen LogP) is 3.33. The molecule has 0 N–H and O–H groups in total. The fourth-order valence-corrected chi connectivity index (χ4v) is 0.862. The van der Waals surface area contributed by atoms with Crippen molar-refractivity contribution in [2.75, 3.05) is 6.54 Å². The van der Waals surface area contributed by atoms with Gasteiger partial charge < -0.3 is 4.90 Å². The quantitative estimate of drug-likeness (QED) is 0.396. The van der Waals surface area contributed by atoms with Gasteiger partial charge in [-0.1, -0.05) is 74.4 Å². The molecule has 1 amide bonds. The summed E-state index contributed by atoms with van der Waals surface area (Å²) >= 11 is 6.95. The first kappa shape index (κ1) is 13.4. The second kappa shape index (κ2) is 7.77. The number of hydrogen-bond acceptors (Lipinski definition) is 1. The second-order valence-electron chi connectivity index (χ2n) is 2.12.